The van der Waals surface area contributed by atoms with Crippen LogP contribution in [-0.2, 0) is 19.9 Å². The van der Waals surface area contributed by atoms with Crippen molar-refractivity contribution in [2.24, 2.45) is 0 Å². The minimum atomic E-state index is -3.25. The van der Waals surface area contributed by atoms with Crippen LogP contribution in [0.15, 0.2) is 12.1 Å². The summed E-state index contributed by atoms with van der Waals surface area (Å²) in [4.78, 5) is 0. The largest absolute Gasteiger partial charge is 0.486 e. The molecule has 0 saturated heterocycles. The van der Waals surface area contributed by atoms with E-state index in [9.17, 15) is 4.57 Å². The van der Waals surface area contributed by atoms with E-state index in [1.54, 1.807) is 0 Å². The van der Waals surface area contributed by atoms with Crippen molar-refractivity contribution >= 4 is 13.4 Å². The molecule has 4 nitrogen and oxygen atoms in total. The molecule has 1 aromatic carbocycles. The molecule has 1 N–H and O–H groups in total. The van der Waals surface area contributed by atoms with Crippen LogP contribution in [-0.4, -0.2) is 7.11 Å². The van der Waals surface area contributed by atoms with Crippen molar-refractivity contribution in [2.75, 3.05) is 12.2 Å². The Bertz CT molecular complexity index is 582. The van der Waals surface area contributed by atoms with Gasteiger partial charge in [-0.2, -0.15) is 0 Å². The SMILES string of the molecule is COP1(=O)Nc2cc(C(C)(C)C)cc(C(C)(C)C)c2O1. The van der Waals surface area contributed by atoms with Crippen LogP contribution in [0.2, 0.25) is 0 Å². The maximum atomic E-state index is 12.3. The fourth-order valence-electron chi connectivity index (χ4n) is 2.17. The molecule has 0 radical (unpaired) electrons. The van der Waals surface area contributed by atoms with Crippen molar-refractivity contribution < 1.29 is 13.6 Å². The first-order valence-corrected chi connectivity index (χ1v) is 8.33. The zero-order valence-electron chi connectivity index (χ0n) is 13.3. The molecule has 0 spiro atoms. The second-order valence-corrected chi connectivity index (χ2v) is 9.05. The fraction of sp³-hybridized carbons (Fsp3) is 0.600. The van der Waals surface area contributed by atoms with Crippen LogP contribution in [0.25, 0.3) is 0 Å². The lowest BCUT2D eigenvalue weighted by Crippen LogP contribution is -2.16. The van der Waals surface area contributed by atoms with Crippen molar-refractivity contribution in [1.29, 1.82) is 0 Å². The van der Waals surface area contributed by atoms with Crippen LogP contribution in [0.3, 0.4) is 0 Å². The van der Waals surface area contributed by atoms with Gasteiger partial charge in [0.2, 0.25) is 0 Å². The predicted molar refractivity (Wildman–Crippen MR) is 82.7 cm³/mol. The molecule has 0 aliphatic carbocycles. The molecular weight excluding hydrogens is 273 g/mol. The summed E-state index contributed by atoms with van der Waals surface area (Å²) in [6.45, 7) is 12.8. The molecule has 0 saturated carbocycles. The van der Waals surface area contributed by atoms with Crippen LogP contribution in [0.5, 0.6) is 5.75 Å². The van der Waals surface area contributed by atoms with E-state index in [0.29, 0.717) is 5.75 Å². The van der Waals surface area contributed by atoms with Gasteiger partial charge in [0.05, 0.1) is 5.69 Å². The van der Waals surface area contributed by atoms with E-state index >= 15 is 0 Å². The van der Waals surface area contributed by atoms with Crippen LogP contribution >= 0.6 is 7.75 Å². The summed E-state index contributed by atoms with van der Waals surface area (Å²) in [6, 6.07) is 4.15. The van der Waals surface area contributed by atoms with Crippen LogP contribution < -0.4 is 9.61 Å². The third kappa shape index (κ3) is 2.72. The average molecular weight is 297 g/mol. The number of nitrogens with one attached hydrogen (secondary N) is 1. The fourth-order valence-corrected chi connectivity index (χ4v) is 3.28. The number of anilines is 1. The number of hydrogen-bond acceptors (Lipinski definition) is 3. The number of rotatable bonds is 1. The van der Waals surface area contributed by atoms with Crippen molar-refractivity contribution in [2.45, 2.75) is 52.4 Å². The summed E-state index contributed by atoms with van der Waals surface area (Å²) < 4.78 is 22.9. The van der Waals surface area contributed by atoms with Crippen LogP contribution in [0.1, 0.15) is 52.7 Å². The van der Waals surface area contributed by atoms with Gasteiger partial charge in [-0.3, -0.25) is 9.61 Å². The molecule has 0 fully saturated rings. The summed E-state index contributed by atoms with van der Waals surface area (Å²) in [7, 11) is -1.86. The van der Waals surface area contributed by atoms with E-state index < -0.39 is 7.75 Å². The molecule has 0 bridgehead atoms. The predicted octanol–water partition coefficient (Wildman–Crippen LogP) is 4.84. The van der Waals surface area contributed by atoms with Gasteiger partial charge in [0, 0.05) is 12.7 Å². The second-order valence-electron chi connectivity index (χ2n) is 7.28. The van der Waals surface area contributed by atoms with E-state index in [0.717, 1.165) is 11.3 Å². The molecule has 1 aliphatic heterocycles. The number of fused-ring (bicyclic) bond motifs is 1. The summed E-state index contributed by atoms with van der Waals surface area (Å²) in [5.74, 6) is 0.649. The highest BCUT2D eigenvalue weighted by Gasteiger charge is 2.38. The van der Waals surface area contributed by atoms with E-state index in [4.69, 9.17) is 9.05 Å². The molecule has 2 rings (SSSR count). The maximum Gasteiger partial charge on any atom is 0.486 e. The third-order valence-corrected chi connectivity index (χ3v) is 4.89. The highest BCUT2D eigenvalue weighted by molar-refractivity contribution is 7.56. The van der Waals surface area contributed by atoms with E-state index in [1.807, 2.05) is 6.07 Å². The normalized spacial score (nSPS) is 22.1. The molecule has 0 amide bonds. The molecule has 1 unspecified atom stereocenters. The van der Waals surface area contributed by atoms with E-state index in [-0.39, 0.29) is 10.8 Å². The van der Waals surface area contributed by atoms with Crippen molar-refractivity contribution in [1.82, 2.24) is 0 Å². The smallest absolute Gasteiger partial charge is 0.407 e. The lowest BCUT2D eigenvalue weighted by Gasteiger charge is -2.26. The van der Waals surface area contributed by atoms with Gasteiger partial charge in [-0.25, -0.2) is 4.57 Å². The van der Waals surface area contributed by atoms with Crippen molar-refractivity contribution in [3.8, 4) is 5.75 Å². The standard InChI is InChI=1S/C15H24NO3P/c1-14(2,3)10-8-11(15(4,5)6)13-12(9-10)16-20(17,18-7)19-13/h8-9H,1-7H3,(H,16,17). The molecule has 1 atom stereocenters. The first-order valence-electron chi connectivity index (χ1n) is 6.79. The Balaban J connectivity index is 2.65. The molecular formula is C15H24NO3P. The average Bonchev–Trinajstić information content (AvgIpc) is 2.62. The van der Waals surface area contributed by atoms with Gasteiger partial charge in [-0.1, -0.05) is 47.6 Å². The Labute approximate surface area is 121 Å². The van der Waals surface area contributed by atoms with Crippen LogP contribution in [0, 0.1) is 0 Å². The lowest BCUT2D eigenvalue weighted by atomic mass is 9.80. The molecule has 1 aliphatic rings. The summed E-state index contributed by atoms with van der Waals surface area (Å²) in [5, 5.41) is 2.90. The van der Waals surface area contributed by atoms with Crippen molar-refractivity contribution in [3.63, 3.8) is 0 Å². The maximum absolute atomic E-state index is 12.3. The summed E-state index contributed by atoms with van der Waals surface area (Å²) >= 11 is 0. The van der Waals surface area contributed by atoms with Gasteiger partial charge >= 0.3 is 7.75 Å². The zero-order valence-corrected chi connectivity index (χ0v) is 14.2. The first kappa shape index (κ1) is 15.4. The van der Waals surface area contributed by atoms with Gasteiger partial charge in [0.15, 0.2) is 5.75 Å². The Morgan fingerprint density at radius 2 is 1.70 bits per heavy atom. The van der Waals surface area contributed by atoms with Crippen molar-refractivity contribution in [3.05, 3.63) is 23.3 Å². The van der Waals surface area contributed by atoms with Crippen LogP contribution in [0.4, 0.5) is 5.69 Å². The minimum absolute atomic E-state index is 0.0103. The molecule has 1 heterocycles. The Kier molecular flexibility index (Phi) is 3.47. The first-order chi connectivity index (χ1) is 8.96. The van der Waals surface area contributed by atoms with E-state index in [2.05, 4.69) is 52.7 Å². The summed E-state index contributed by atoms with van der Waals surface area (Å²) in [6.07, 6.45) is 0. The third-order valence-electron chi connectivity index (χ3n) is 3.47. The molecule has 5 heteroatoms. The second kappa shape index (κ2) is 4.51. The lowest BCUT2D eigenvalue weighted by molar-refractivity contribution is 0.332. The van der Waals surface area contributed by atoms with E-state index in [1.165, 1.54) is 12.7 Å². The van der Waals surface area contributed by atoms with Gasteiger partial charge < -0.3 is 4.52 Å². The highest BCUT2D eigenvalue weighted by Crippen LogP contribution is 2.59. The minimum Gasteiger partial charge on any atom is -0.407 e. The number of benzene rings is 1. The molecule has 1 aromatic rings. The van der Waals surface area contributed by atoms with Gasteiger partial charge in [0.25, 0.3) is 0 Å². The Hall–Kier alpha value is -0.990. The Morgan fingerprint density at radius 3 is 2.15 bits per heavy atom. The molecule has 20 heavy (non-hydrogen) atoms. The topological polar surface area (TPSA) is 47.6 Å². The zero-order chi connectivity index (χ0) is 15.3. The van der Waals surface area contributed by atoms with Gasteiger partial charge in [0.1, 0.15) is 0 Å². The monoisotopic (exact) mass is 297 g/mol. The van der Waals surface area contributed by atoms with Gasteiger partial charge in [-0.15, -0.1) is 0 Å². The number of hydrogen-bond donors (Lipinski definition) is 1. The van der Waals surface area contributed by atoms with Gasteiger partial charge in [-0.05, 0) is 22.5 Å². The molecule has 0 aromatic heterocycles. The quantitative estimate of drug-likeness (QED) is 0.753. The highest BCUT2D eigenvalue weighted by atomic mass is 31.2. The molecule has 112 valence electrons. The Morgan fingerprint density at radius 1 is 1.10 bits per heavy atom. The summed E-state index contributed by atoms with van der Waals surface area (Å²) in [5.41, 5.74) is 2.89.